The third-order valence-corrected chi connectivity index (χ3v) is 4.19. The van der Waals surface area contributed by atoms with Crippen molar-refractivity contribution in [2.45, 2.75) is 31.7 Å². The van der Waals surface area contributed by atoms with Gasteiger partial charge >= 0.3 is 0 Å². The molecule has 0 atom stereocenters. The summed E-state index contributed by atoms with van der Waals surface area (Å²) in [5.41, 5.74) is 2.00. The number of isocyanates is 1. The Morgan fingerprint density at radius 3 is 2.73 bits per heavy atom. The van der Waals surface area contributed by atoms with E-state index < -0.39 is 0 Å². The molecule has 0 aliphatic heterocycles. The fourth-order valence-electron chi connectivity index (χ4n) is 2.05. The molecule has 1 aliphatic carbocycles. The van der Waals surface area contributed by atoms with Gasteiger partial charge in [0.2, 0.25) is 6.08 Å². The maximum absolute atomic E-state index is 10.5. The molecule has 1 aromatic rings. The van der Waals surface area contributed by atoms with E-state index in [2.05, 4.69) is 20.9 Å². The molecule has 0 spiro atoms. The van der Waals surface area contributed by atoms with Crippen LogP contribution in [0.2, 0.25) is 0 Å². The van der Waals surface area contributed by atoms with Crippen LogP contribution in [-0.4, -0.2) is 6.08 Å². The highest BCUT2D eigenvalue weighted by atomic mass is 79.9. The van der Waals surface area contributed by atoms with Gasteiger partial charge in [-0.2, -0.15) is 4.99 Å². The molecule has 2 nitrogen and oxygen atoms in total. The lowest BCUT2D eigenvalue weighted by Crippen LogP contribution is -2.32. The van der Waals surface area contributed by atoms with Crippen molar-refractivity contribution in [3.8, 4) is 0 Å². The van der Waals surface area contributed by atoms with Gasteiger partial charge in [-0.3, -0.25) is 0 Å². The number of hydrogen-bond acceptors (Lipinski definition) is 2. The Hall–Kier alpha value is -0.920. The minimum Gasteiger partial charge on any atom is -0.211 e. The Morgan fingerprint density at radius 2 is 2.20 bits per heavy atom. The van der Waals surface area contributed by atoms with Crippen molar-refractivity contribution < 1.29 is 4.79 Å². The molecule has 3 heteroatoms. The second-order valence-electron chi connectivity index (χ2n) is 4.02. The molecule has 0 unspecified atom stereocenters. The molecule has 1 fully saturated rings. The topological polar surface area (TPSA) is 29.4 Å². The van der Waals surface area contributed by atoms with Gasteiger partial charge < -0.3 is 0 Å². The van der Waals surface area contributed by atoms with Gasteiger partial charge in [-0.05, 0) is 37.3 Å². The Balaban J connectivity index is 2.52. The lowest BCUT2D eigenvalue weighted by Gasteiger charge is -2.38. The van der Waals surface area contributed by atoms with Crippen molar-refractivity contribution >= 4 is 22.0 Å². The van der Waals surface area contributed by atoms with E-state index in [9.17, 15) is 4.79 Å². The summed E-state index contributed by atoms with van der Waals surface area (Å²) in [4.78, 5) is 14.5. The van der Waals surface area contributed by atoms with E-state index in [0.29, 0.717) is 0 Å². The van der Waals surface area contributed by atoms with Gasteiger partial charge in [0.15, 0.2) is 0 Å². The zero-order valence-corrected chi connectivity index (χ0v) is 10.2. The lowest BCUT2D eigenvalue weighted by molar-refractivity contribution is 0.254. The summed E-state index contributed by atoms with van der Waals surface area (Å²) < 4.78 is 1.07. The lowest BCUT2D eigenvalue weighted by atomic mass is 9.72. The third kappa shape index (κ3) is 1.66. The number of halogens is 1. The van der Waals surface area contributed by atoms with Gasteiger partial charge in [-0.25, -0.2) is 4.79 Å². The molecule has 78 valence electrons. The number of aryl methyl sites for hydroxylation is 1. The fraction of sp³-hybridized carbons (Fsp3) is 0.417. The van der Waals surface area contributed by atoms with Gasteiger partial charge in [0, 0.05) is 4.47 Å². The molecule has 2 rings (SSSR count). The molecule has 15 heavy (non-hydrogen) atoms. The third-order valence-electron chi connectivity index (χ3n) is 3.13. The minimum absolute atomic E-state index is 0.299. The van der Waals surface area contributed by atoms with E-state index in [4.69, 9.17) is 0 Å². The average molecular weight is 266 g/mol. The van der Waals surface area contributed by atoms with Crippen molar-refractivity contribution in [2.75, 3.05) is 0 Å². The number of nitrogens with zero attached hydrogens (tertiary/aromatic N) is 1. The summed E-state index contributed by atoms with van der Waals surface area (Å²) in [5, 5.41) is 0. The zero-order valence-electron chi connectivity index (χ0n) is 8.59. The second-order valence-corrected chi connectivity index (χ2v) is 4.82. The monoisotopic (exact) mass is 265 g/mol. The normalized spacial score (nSPS) is 17.7. The van der Waals surface area contributed by atoms with Crippen LogP contribution in [0.4, 0.5) is 0 Å². The number of hydrogen-bond donors (Lipinski definition) is 0. The maximum atomic E-state index is 10.5. The van der Waals surface area contributed by atoms with Crippen molar-refractivity contribution in [1.82, 2.24) is 0 Å². The van der Waals surface area contributed by atoms with Crippen LogP contribution >= 0.6 is 15.9 Å². The molecule has 1 aliphatic rings. The number of aliphatic imine (C=N–C) groups is 1. The first-order chi connectivity index (χ1) is 7.19. The maximum Gasteiger partial charge on any atom is 0.235 e. The van der Waals surface area contributed by atoms with E-state index in [0.717, 1.165) is 29.3 Å². The van der Waals surface area contributed by atoms with Gasteiger partial charge in [-0.1, -0.05) is 34.1 Å². The van der Waals surface area contributed by atoms with E-state index in [1.165, 1.54) is 5.56 Å². The molecular weight excluding hydrogens is 254 g/mol. The number of benzene rings is 1. The van der Waals surface area contributed by atoms with Crippen molar-refractivity contribution in [1.29, 1.82) is 0 Å². The van der Waals surface area contributed by atoms with Crippen LogP contribution in [0.5, 0.6) is 0 Å². The summed E-state index contributed by atoms with van der Waals surface area (Å²) in [5.74, 6) is 0. The molecule has 1 saturated carbocycles. The molecule has 1 aromatic carbocycles. The van der Waals surface area contributed by atoms with E-state index >= 15 is 0 Å². The van der Waals surface area contributed by atoms with Crippen LogP contribution in [0, 0.1) is 6.92 Å². The molecule has 0 N–H and O–H groups in total. The van der Waals surface area contributed by atoms with Crippen LogP contribution in [0.3, 0.4) is 0 Å². The molecule has 0 bridgehead atoms. The highest BCUT2D eigenvalue weighted by Gasteiger charge is 2.40. The highest BCUT2D eigenvalue weighted by Crippen LogP contribution is 2.47. The summed E-state index contributed by atoms with van der Waals surface area (Å²) >= 11 is 3.57. The standard InChI is InChI=1S/C12H12BrNO/c1-9-4-2-5-10(11(9)13)12(14-8-15)6-3-7-12/h2,4-5H,3,6-7H2,1H3. The first kappa shape index (κ1) is 10.6. The van der Waals surface area contributed by atoms with Crippen LogP contribution in [-0.2, 0) is 10.3 Å². The predicted molar refractivity (Wildman–Crippen MR) is 62.5 cm³/mol. The van der Waals surface area contributed by atoms with Crippen molar-refractivity contribution in [2.24, 2.45) is 4.99 Å². The second kappa shape index (κ2) is 3.92. The quantitative estimate of drug-likeness (QED) is 0.595. The van der Waals surface area contributed by atoms with E-state index in [1.807, 2.05) is 25.1 Å². The van der Waals surface area contributed by atoms with Gasteiger partial charge in [0.25, 0.3) is 0 Å². The highest BCUT2D eigenvalue weighted by molar-refractivity contribution is 9.10. The molecule has 0 aromatic heterocycles. The Labute approximate surface area is 97.5 Å². The van der Waals surface area contributed by atoms with Crippen LogP contribution < -0.4 is 0 Å². The summed E-state index contributed by atoms with van der Waals surface area (Å²) in [7, 11) is 0. The summed E-state index contributed by atoms with van der Waals surface area (Å²) in [6.07, 6.45) is 4.74. The zero-order chi connectivity index (χ0) is 10.9. The number of rotatable bonds is 2. The van der Waals surface area contributed by atoms with Crippen LogP contribution in [0.25, 0.3) is 0 Å². The molecule has 0 heterocycles. The Morgan fingerprint density at radius 1 is 1.47 bits per heavy atom. The van der Waals surface area contributed by atoms with Crippen molar-refractivity contribution in [3.63, 3.8) is 0 Å². The fourth-order valence-corrected chi connectivity index (χ4v) is 2.68. The first-order valence-electron chi connectivity index (χ1n) is 5.04. The molecule has 0 amide bonds. The largest absolute Gasteiger partial charge is 0.235 e. The smallest absolute Gasteiger partial charge is 0.211 e. The molecular formula is C12H12BrNO. The molecule has 0 saturated heterocycles. The van der Waals surface area contributed by atoms with Gasteiger partial charge in [0.1, 0.15) is 0 Å². The Bertz CT molecular complexity index is 431. The van der Waals surface area contributed by atoms with Crippen LogP contribution in [0.15, 0.2) is 27.7 Å². The summed E-state index contributed by atoms with van der Waals surface area (Å²) in [6, 6.07) is 6.09. The van der Waals surface area contributed by atoms with Crippen LogP contribution in [0.1, 0.15) is 30.4 Å². The van der Waals surface area contributed by atoms with Crippen molar-refractivity contribution in [3.05, 3.63) is 33.8 Å². The minimum atomic E-state index is -0.299. The predicted octanol–water partition coefficient (Wildman–Crippen LogP) is 3.47. The number of carbonyl (C=O) groups excluding carboxylic acids is 1. The van der Waals surface area contributed by atoms with Gasteiger partial charge in [0.05, 0.1) is 5.54 Å². The average Bonchev–Trinajstić information content (AvgIpc) is 2.17. The van der Waals surface area contributed by atoms with Gasteiger partial charge in [-0.15, -0.1) is 0 Å². The van der Waals surface area contributed by atoms with E-state index in [-0.39, 0.29) is 5.54 Å². The molecule has 0 radical (unpaired) electrons. The van der Waals surface area contributed by atoms with E-state index in [1.54, 1.807) is 6.08 Å². The Kier molecular flexibility index (Phi) is 2.76. The SMILES string of the molecule is Cc1cccc(C2(N=C=O)CCC2)c1Br. The summed E-state index contributed by atoms with van der Waals surface area (Å²) in [6.45, 7) is 2.05. The first-order valence-corrected chi connectivity index (χ1v) is 5.83.